The minimum absolute atomic E-state index is 0.574. The Labute approximate surface area is 106 Å². The van der Waals surface area contributed by atoms with Gasteiger partial charge in [-0.15, -0.1) is 0 Å². The van der Waals surface area contributed by atoms with Crippen molar-refractivity contribution in [1.29, 1.82) is 5.26 Å². The van der Waals surface area contributed by atoms with Gasteiger partial charge in [0.05, 0.1) is 19.0 Å². The van der Waals surface area contributed by atoms with Crippen molar-refractivity contribution in [2.24, 2.45) is 4.99 Å². The molecule has 0 aromatic heterocycles. The molecule has 0 bridgehead atoms. The van der Waals surface area contributed by atoms with Crippen molar-refractivity contribution in [3.8, 4) is 6.07 Å². The zero-order valence-corrected chi connectivity index (χ0v) is 10.5. The Hall–Kier alpha value is -1.47. The Kier molecular flexibility index (Phi) is 4.45. The highest BCUT2D eigenvalue weighted by atomic mass is 32.2. The smallest absolute Gasteiger partial charge is 0.159 e. The quantitative estimate of drug-likeness (QED) is 0.818. The first-order chi connectivity index (χ1) is 8.40. The fourth-order valence-corrected chi connectivity index (χ4v) is 2.73. The Morgan fingerprint density at radius 2 is 2.18 bits per heavy atom. The highest BCUT2D eigenvalue weighted by Gasteiger charge is 2.18. The van der Waals surface area contributed by atoms with E-state index in [1.165, 1.54) is 5.56 Å². The van der Waals surface area contributed by atoms with Crippen molar-refractivity contribution in [2.45, 2.75) is 13.0 Å². The van der Waals surface area contributed by atoms with E-state index in [-0.39, 0.29) is 0 Å². The van der Waals surface area contributed by atoms with Crippen molar-refractivity contribution in [1.82, 2.24) is 4.90 Å². The van der Waals surface area contributed by atoms with Crippen molar-refractivity contribution in [2.75, 3.05) is 18.8 Å². The zero-order valence-electron chi connectivity index (χ0n) is 9.67. The predicted octanol–water partition coefficient (Wildman–Crippen LogP) is 2.51. The number of benzene rings is 1. The van der Waals surface area contributed by atoms with Gasteiger partial charge < -0.3 is 4.90 Å². The third kappa shape index (κ3) is 3.50. The second-order valence-corrected chi connectivity index (χ2v) is 4.89. The Morgan fingerprint density at radius 3 is 2.94 bits per heavy atom. The Bertz CT molecular complexity index is 422. The van der Waals surface area contributed by atoms with Crippen LogP contribution in [0.5, 0.6) is 0 Å². The molecule has 4 heteroatoms. The van der Waals surface area contributed by atoms with Gasteiger partial charge in [0.2, 0.25) is 0 Å². The van der Waals surface area contributed by atoms with E-state index in [2.05, 4.69) is 28.1 Å². The molecule has 0 amide bonds. The van der Waals surface area contributed by atoms with E-state index in [0.29, 0.717) is 6.42 Å². The van der Waals surface area contributed by atoms with Crippen LogP contribution in [0.1, 0.15) is 12.0 Å². The van der Waals surface area contributed by atoms with E-state index < -0.39 is 0 Å². The summed E-state index contributed by atoms with van der Waals surface area (Å²) in [6.45, 7) is 2.54. The summed E-state index contributed by atoms with van der Waals surface area (Å²) in [5, 5.41) is 9.68. The van der Waals surface area contributed by atoms with Gasteiger partial charge in [-0.25, -0.2) is 0 Å². The van der Waals surface area contributed by atoms with Crippen LogP contribution in [-0.2, 0) is 6.54 Å². The van der Waals surface area contributed by atoms with E-state index in [4.69, 9.17) is 5.26 Å². The van der Waals surface area contributed by atoms with Crippen LogP contribution in [0.25, 0.3) is 0 Å². The molecule has 1 aliphatic heterocycles. The number of nitrogens with zero attached hydrogens (tertiary/aromatic N) is 3. The largest absolute Gasteiger partial charge is 0.350 e. The lowest BCUT2D eigenvalue weighted by Gasteiger charge is -2.15. The minimum atomic E-state index is 0.574. The van der Waals surface area contributed by atoms with Gasteiger partial charge in [0.25, 0.3) is 0 Å². The highest BCUT2D eigenvalue weighted by molar-refractivity contribution is 8.14. The topological polar surface area (TPSA) is 39.4 Å². The third-order valence-electron chi connectivity index (χ3n) is 2.60. The number of thioether (sulfide) groups is 1. The van der Waals surface area contributed by atoms with Crippen molar-refractivity contribution in [3.05, 3.63) is 35.9 Å². The summed E-state index contributed by atoms with van der Waals surface area (Å²) >= 11 is 1.79. The first-order valence-electron chi connectivity index (χ1n) is 5.73. The van der Waals surface area contributed by atoms with Gasteiger partial charge in [-0.3, -0.25) is 4.99 Å². The summed E-state index contributed by atoms with van der Waals surface area (Å²) in [6.07, 6.45) is 0.574. The standard InChI is InChI=1S/C13H15N3S/c14-7-4-8-16-9-10-17-13(16)15-11-12-5-2-1-3-6-12/h1-3,5-6H,4,8-11H2. The van der Waals surface area contributed by atoms with Crippen LogP contribution in [-0.4, -0.2) is 28.9 Å². The van der Waals surface area contributed by atoms with Crippen molar-refractivity contribution >= 4 is 16.9 Å². The number of aliphatic imine (C=N–C) groups is 1. The average Bonchev–Trinajstić information content (AvgIpc) is 2.82. The molecule has 0 aliphatic carbocycles. The van der Waals surface area contributed by atoms with E-state index in [1.807, 2.05) is 18.2 Å². The molecule has 2 rings (SSSR count). The highest BCUT2D eigenvalue weighted by Crippen LogP contribution is 2.18. The fraction of sp³-hybridized carbons (Fsp3) is 0.385. The van der Waals surface area contributed by atoms with E-state index in [9.17, 15) is 0 Å². The molecule has 17 heavy (non-hydrogen) atoms. The summed E-state index contributed by atoms with van der Waals surface area (Å²) in [5.41, 5.74) is 1.23. The van der Waals surface area contributed by atoms with Crippen LogP contribution in [0.4, 0.5) is 0 Å². The normalized spacial score (nSPS) is 17.4. The van der Waals surface area contributed by atoms with Crippen LogP contribution in [0.3, 0.4) is 0 Å². The molecule has 1 saturated heterocycles. The second kappa shape index (κ2) is 6.31. The van der Waals surface area contributed by atoms with Gasteiger partial charge in [0.15, 0.2) is 5.17 Å². The lowest BCUT2D eigenvalue weighted by atomic mass is 10.2. The van der Waals surface area contributed by atoms with E-state index in [1.54, 1.807) is 11.8 Å². The minimum Gasteiger partial charge on any atom is -0.350 e. The van der Waals surface area contributed by atoms with Gasteiger partial charge in [0.1, 0.15) is 0 Å². The van der Waals surface area contributed by atoms with Crippen LogP contribution < -0.4 is 0 Å². The summed E-state index contributed by atoms with van der Waals surface area (Å²) in [5.74, 6) is 1.08. The maximum absolute atomic E-state index is 8.60. The van der Waals surface area contributed by atoms with E-state index in [0.717, 1.165) is 30.6 Å². The molecule has 0 unspecified atom stereocenters. The van der Waals surface area contributed by atoms with Gasteiger partial charge in [-0.05, 0) is 5.56 Å². The molecular formula is C13H15N3S. The number of nitriles is 1. The molecule has 1 heterocycles. The van der Waals surface area contributed by atoms with Gasteiger partial charge in [0, 0.05) is 18.8 Å². The molecular weight excluding hydrogens is 230 g/mol. The van der Waals surface area contributed by atoms with Gasteiger partial charge in [-0.2, -0.15) is 5.26 Å². The maximum Gasteiger partial charge on any atom is 0.159 e. The second-order valence-electron chi connectivity index (χ2n) is 3.83. The predicted molar refractivity (Wildman–Crippen MR) is 71.8 cm³/mol. The zero-order chi connectivity index (χ0) is 11.9. The molecule has 0 saturated carbocycles. The molecule has 1 fully saturated rings. The monoisotopic (exact) mass is 245 g/mol. The molecule has 0 atom stereocenters. The molecule has 3 nitrogen and oxygen atoms in total. The number of hydrogen-bond acceptors (Lipinski definition) is 3. The fourth-order valence-electron chi connectivity index (χ4n) is 1.71. The average molecular weight is 245 g/mol. The Morgan fingerprint density at radius 1 is 1.35 bits per heavy atom. The maximum atomic E-state index is 8.60. The molecule has 0 spiro atoms. The lowest BCUT2D eigenvalue weighted by molar-refractivity contribution is 0.470. The molecule has 0 N–H and O–H groups in total. The number of rotatable bonds is 4. The van der Waals surface area contributed by atoms with Crippen molar-refractivity contribution in [3.63, 3.8) is 0 Å². The summed E-state index contributed by atoms with van der Waals surface area (Å²) in [4.78, 5) is 6.83. The summed E-state index contributed by atoms with van der Waals surface area (Å²) < 4.78 is 0. The number of amidine groups is 1. The van der Waals surface area contributed by atoms with Gasteiger partial charge >= 0.3 is 0 Å². The molecule has 1 aliphatic rings. The van der Waals surface area contributed by atoms with Crippen LogP contribution in [0, 0.1) is 11.3 Å². The van der Waals surface area contributed by atoms with E-state index >= 15 is 0 Å². The van der Waals surface area contributed by atoms with Crippen LogP contribution in [0.15, 0.2) is 35.3 Å². The van der Waals surface area contributed by atoms with Crippen LogP contribution in [0.2, 0.25) is 0 Å². The molecule has 88 valence electrons. The third-order valence-corrected chi connectivity index (χ3v) is 3.63. The molecule has 0 radical (unpaired) electrons. The summed E-state index contributed by atoms with van der Waals surface area (Å²) in [7, 11) is 0. The molecule has 1 aromatic rings. The lowest BCUT2D eigenvalue weighted by Crippen LogP contribution is -2.25. The first kappa shape index (κ1) is 12.0. The molecule has 1 aromatic carbocycles. The summed E-state index contributed by atoms with van der Waals surface area (Å²) in [6, 6.07) is 12.4. The first-order valence-corrected chi connectivity index (χ1v) is 6.72. The van der Waals surface area contributed by atoms with Crippen molar-refractivity contribution < 1.29 is 0 Å². The van der Waals surface area contributed by atoms with Gasteiger partial charge in [-0.1, -0.05) is 42.1 Å². The SMILES string of the molecule is N#CCCN1CCSC1=NCc1ccccc1. The number of hydrogen-bond donors (Lipinski definition) is 0. The van der Waals surface area contributed by atoms with Crippen LogP contribution >= 0.6 is 11.8 Å². The Balaban J connectivity index is 1.94.